The first-order valence-electron chi connectivity index (χ1n) is 11.3. The predicted molar refractivity (Wildman–Crippen MR) is 127 cm³/mol. The summed E-state index contributed by atoms with van der Waals surface area (Å²) < 4.78 is 48.3. The maximum absolute atomic E-state index is 13.5. The monoisotopic (exact) mass is 497 g/mol. The molecule has 1 N–H and O–H groups in total. The van der Waals surface area contributed by atoms with Crippen LogP contribution in [0.5, 0.6) is 5.75 Å². The second-order valence-corrected chi connectivity index (χ2v) is 10.5. The van der Waals surface area contributed by atoms with Gasteiger partial charge in [0, 0.05) is 31.2 Å². The number of fused-ring (bicyclic) bond motifs is 4. The number of carbonyl (C=O) groups is 1. The minimum atomic E-state index is -4.12. The van der Waals surface area contributed by atoms with Crippen molar-refractivity contribution >= 4 is 21.6 Å². The van der Waals surface area contributed by atoms with E-state index in [-0.39, 0.29) is 34.9 Å². The summed E-state index contributed by atoms with van der Waals surface area (Å²) in [5.74, 6) is -0.141. The Morgan fingerprint density at radius 2 is 1.83 bits per heavy atom. The van der Waals surface area contributed by atoms with Gasteiger partial charge in [0.05, 0.1) is 4.90 Å². The third-order valence-electron chi connectivity index (χ3n) is 6.41. The molecule has 0 saturated carbocycles. The van der Waals surface area contributed by atoms with Crippen molar-refractivity contribution in [3.8, 4) is 5.75 Å². The van der Waals surface area contributed by atoms with Gasteiger partial charge in [-0.2, -0.15) is 0 Å². The maximum Gasteiger partial charge on any atom is 0.275 e. The van der Waals surface area contributed by atoms with Crippen LogP contribution in [0.25, 0.3) is 0 Å². The number of anilines is 1. The van der Waals surface area contributed by atoms with Gasteiger partial charge in [-0.25, -0.2) is 12.8 Å². The van der Waals surface area contributed by atoms with Crippen LogP contribution in [-0.4, -0.2) is 43.5 Å². The zero-order valence-corrected chi connectivity index (χ0v) is 19.6. The highest BCUT2D eigenvalue weighted by atomic mass is 32.2. The van der Waals surface area contributed by atoms with Crippen molar-refractivity contribution < 1.29 is 22.3 Å². The Morgan fingerprint density at radius 3 is 2.60 bits per heavy atom. The highest BCUT2D eigenvalue weighted by molar-refractivity contribution is 7.92. The second kappa shape index (κ2) is 9.18. The Bertz CT molecular complexity index is 1420. The van der Waals surface area contributed by atoms with Crippen LogP contribution in [0.15, 0.2) is 76.4 Å². The molecule has 0 radical (unpaired) electrons. The summed E-state index contributed by atoms with van der Waals surface area (Å²) in [6, 6.07) is 16.9. The normalized spacial score (nSPS) is 19.1. The quantitative estimate of drug-likeness (QED) is 0.565. The van der Waals surface area contributed by atoms with Crippen molar-refractivity contribution in [2.75, 3.05) is 24.4 Å². The molecule has 3 heterocycles. The molecular formula is C25H24FN3O5S. The number of rotatable bonds is 6. The lowest BCUT2D eigenvalue weighted by Crippen LogP contribution is -2.50. The van der Waals surface area contributed by atoms with Gasteiger partial charge in [0.15, 0.2) is 6.61 Å². The molecule has 2 atom stereocenters. The molecule has 2 aromatic carbocycles. The lowest BCUT2D eigenvalue weighted by Gasteiger charge is -2.42. The number of likely N-dealkylation sites (tertiary alicyclic amines) is 1. The Labute approximate surface area is 202 Å². The Hall–Kier alpha value is -3.66. The van der Waals surface area contributed by atoms with Crippen LogP contribution in [-0.2, 0) is 21.4 Å². The van der Waals surface area contributed by atoms with Crippen molar-refractivity contribution in [3.05, 3.63) is 88.6 Å². The molecule has 5 rings (SSSR count). The van der Waals surface area contributed by atoms with Crippen LogP contribution in [0.1, 0.15) is 18.0 Å². The van der Waals surface area contributed by atoms with Crippen molar-refractivity contribution in [2.45, 2.75) is 23.8 Å². The molecular weight excluding hydrogens is 473 g/mol. The minimum Gasteiger partial charge on any atom is -0.484 e. The van der Waals surface area contributed by atoms with E-state index in [1.807, 2.05) is 18.2 Å². The number of para-hydroxylation sites is 1. The topological polar surface area (TPSA) is 97.7 Å². The molecule has 3 aromatic rings. The molecule has 2 bridgehead atoms. The molecule has 1 aromatic heterocycles. The first-order valence-corrected chi connectivity index (χ1v) is 12.8. The third-order valence-corrected chi connectivity index (χ3v) is 7.78. The van der Waals surface area contributed by atoms with Gasteiger partial charge >= 0.3 is 0 Å². The molecule has 0 spiro atoms. The molecule has 1 fully saturated rings. The van der Waals surface area contributed by atoms with E-state index in [4.69, 9.17) is 4.74 Å². The van der Waals surface area contributed by atoms with Crippen LogP contribution in [0, 0.1) is 11.7 Å². The molecule has 0 unspecified atom stereocenters. The van der Waals surface area contributed by atoms with Crippen molar-refractivity contribution in [3.63, 3.8) is 0 Å². The smallest absolute Gasteiger partial charge is 0.275 e. The fraction of sp³-hybridized carbons (Fsp3) is 0.280. The van der Waals surface area contributed by atoms with Gasteiger partial charge in [-0.15, -0.1) is 0 Å². The number of carbonyl (C=O) groups excluding carboxylic acids is 1. The highest BCUT2D eigenvalue weighted by Crippen LogP contribution is 2.35. The Kier molecular flexibility index (Phi) is 6.06. The Balaban J connectivity index is 1.32. The van der Waals surface area contributed by atoms with E-state index in [1.54, 1.807) is 27.7 Å². The molecule has 8 nitrogen and oxygen atoms in total. The number of hydrogen-bond donors (Lipinski definition) is 1. The molecule has 1 amide bonds. The Morgan fingerprint density at radius 1 is 1.03 bits per heavy atom. The number of aromatic nitrogens is 1. The van der Waals surface area contributed by atoms with Gasteiger partial charge in [0.1, 0.15) is 17.3 Å². The number of nitrogens with one attached hydrogen (secondary N) is 1. The number of halogens is 1. The average Bonchev–Trinajstić information content (AvgIpc) is 2.85. The maximum atomic E-state index is 13.5. The second-order valence-electron chi connectivity index (χ2n) is 8.85. The number of ether oxygens (including phenoxy) is 1. The largest absolute Gasteiger partial charge is 0.484 e. The van der Waals surface area contributed by atoms with E-state index in [0.717, 1.165) is 24.2 Å². The summed E-state index contributed by atoms with van der Waals surface area (Å²) in [5.41, 5.74) is 0.216. The summed E-state index contributed by atoms with van der Waals surface area (Å²) in [7, 11) is -4.12. The van der Waals surface area contributed by atoms with E-state index in [0.29, 0.717) is 25.4 Å². The number of sulfonamides is 1. The van der Waals surface area contributed by atoms with Gasteiger partial charge in [0.2, 0.25) is 0 Å². The van der Waals surface area contributed by atoms with E-state index >= 15 is 0 Å². The first kappa shape index (κ1) is 23.1. The number of nitrogens with zero attached hydrogens (tertiary/aromatic N) is 2. The van der Waals surface area contributed by atoms with E-state index < -0.39 is 21.4 Å². The summed E-state index contributed by atoms with van der Waals surface area (Å²) in [6.07, 6.45) is 0.844. The van der Waals surface area contributed by atoms with Gasteiger partial charge in [-0.05, 0) is 54.8 Å². The SMILES string of the molecule is O=C(COc1ccccc1)N1C[C@H]2C[C@H](C1)c1ccc(NS(=O)(=O)c3cccc(F)c3)c(=O)n1C2. The predicted octanol–water partition coefficient (Wildman–Crippen LogP) is 2.81. The van der Waals surface area contributed by atoms with Crippen LogP contribution in [0.3, 0.4) is 0 Å². The fourth-order valence-electron chi connectivity index (χ4n) is 4.82. The van der Waals surface area contributed by atoms with Crippen LogP contribution in [0.4, 0.5) is 10.1 Å². The first-order chi connectivity index (χ1) is 16.8. The standard InChI is InChI=1S/C25H24FN3O5S/c26-19-5-4-8-21(12-19)35(32,33)27-22-9-10-23-18-11-17(14-29(23)25(22)31)13-28(15-18)24(30)16-34-20-6-2-1-3-7-20/h1-10,12,17-18,27H,11,13-16H2/t17-,18-/m1/s1. The zero-order chi connectivity index (χ0) is 24.6. The number of benzene rings is 2. The molecule has 1 saturated heterocycles. The van der Waals surface area contributed by atoms with E-state index in [1.165, 1.54) is 18.2 Å². The zero-order valence-electron chi connectivity index (χ0n) is 18.8. The van der Waals surface area contributed by atoms with Crippen LogP contribution < -0.4 is 15.0 Å². The third kappa shape index (κ3) is 4.79. The molecule has 182 valence electrons. The van der Waals surface area contributed by atoms with Crippen LogP contribution >= 0.6 is 0 Å². The number of hydrogen-bond acceptors (Lipinski definition) is 5. The number of piperidine rings is 1. The van der Waals surface area contributed by atoms with E-state index in [9.17, 15) is 22.4 Å². The minimum absolute atomic E-state index is 0.0373. The molecule has 2 aliphatic heterocycles. The molecule has 2 aliphatic rings. The van der Waals surface area contributed by atoms with E-state index in [2.05, 4.69) is 4.72 Å². The number of pyridine rings is 1. The summed E-state index contributed by atoms with van der Waals surface area (Å²) in [6.45, 7) is 1.28. The lowest BCUT2D eigenvalue weighted by atomic mass is 9.83. The average molecular weight is 498 g/mol. The fourth-order valence-corrected chi connectivity index (χ4v) is 5.91. The molecule has 0 aliphatic carbocycles. The lowest BCUT2D eigenvalue weighted by molar-refractivity contribution is -0.136. The van der Waals surface area contributed by atoms with Gasteiger partial charge in [0.25, 0.3) is 21.5 Å². The van der Waals surface area contributed by atoms with Crippen molar-refractivity contribution in [1.82, 2.24) is 9.47 Å². The summed E-state index contributed by atoms with van der Waals surface area (Å²) >= 11 is 0. The summed E-state index contributed by atoms with van der Waals surface area (Å²) in [4.78, 5) is 27.5. The molecule has 35 heavy (non-hydrogen) atoms. The van der Waals surface area contributed by atoms with Crippen LogP contribution in [0.2, 0.25) is 0 Å². The molecule has 10 heteroatoms. The van der Waals surface area contributed by atoms with Crippen molar-refractivity contribution in [2.24, 2.45) is 5.92 Å². The highest BCUT2D eigenvalue weighted by Gasteiger charge is 2.37. The van der Waals surface area contributed by atoms with Gasteiger partial charge in [-0.1, -0.05) is 24.3 Å². The van der Waals surface area contributed by atoms with Crippen molar-refractivity contribution in [1.29, 1.82) is 0 Å². The van der Waals surface area contributed by atoms with Gasteiger partial charge < -0.3 is 14.2 Å². The van der Waals surface area contributed by atoms with Gasteiger partial charge in [-0.3, -0.25) is 14.3 Å². The number of amides is 1. The summed E-state index contributed by atoms with van der Waals surface area (Å²) in [5, 5.41) is 0.